The summed E-state index contributed by atoms with van der Waals surface area (Å²) in [4.78, 5) is 30.5. The fraction of sp³-hybridized carbons (Fsp3) is 0.214. The third-order valence-electron chi connectivity index (χ3n) is 6.02. The molecule has 0 saturated carbocycles. The minimum Gasteiger partial charge on any atom is -0.370 e. The Kier molecular flexibility index (Phi) is 7.92. The van der Waals surface area contributed by atoms with Gasteiger partial charge in [0.05, 0.1) is 16.2 Å². The van der Waals surface area contributed by atoms with Crippen LogP contribution in [0.2, 0.25) is 0 Å². The average molecular weight is 526 g/mol. The number of amides is 2. The summed E-state index contributed by atoms with van der Waals surface area (Å²) in [5, 5.41) is 2.94. The van der Waals surface area contributed by atoms with Gasteiger partial charge in [-0.05, 0) is 61.0 Å². The molecule has 1 aliphatic rings. The number of nitrogens with one attached hydrogen (secondary N) is 1. The molecule has 0 atom stereocenters. The predicted molar refractivity (Wildman–Crippen MR) is 142 cm³/mol. The van der Waals surface area contributed by atoms with Gasteiger partial charge in [0.25, 0.3) is 11.8 Å². The van der Waals surface area contributed by atoms with Gasteiger partial charge in [0.15, 0.2) is 0 Å². The molecule has 4 rings (SSSR count). The Balaban J connectivity index is 1.43. The van der Waals surface area contributed by atoms with Crippen LogP contribution in [0, 0.1) is 0 Å². The molecular formula is C28H26F3N3O2S. The van der Waals surface area contributed by atoms with E-state index in [-0.39, 0.29) is 11.8 Å². The fourth-order valence-corrected chi connectivity index (χ4v) is 5.06. The molecule has 1 N–H and O–H groups in total. The highest BCUT2D eigenvalue weighted by atomic mass is 32.2. The molecule has 0 unspecified atom stereocenters. The second kappa shape index (κ2) is 11.1. The molecule has 0 bridgehead atoms. The van der Waals surface area contributed by atoms with Crippen molar-refractivity contribution in [2.45, 2.75) is 18.0 Å². The van der Waals surface area contributed by atoms with Crippen LogP contribution in [0.15, 0.2) is 82.6 Å². The molecule has 0 aliphatic carbocycles. The first-order chi connectivity index (χ1) is 17.7. The van der Waals surface area contributed by atoms with Crippen LogP contribution in [-0.4, -0.2) is 38.5 Å². The van der Waals surface area contributed by atoms with Crippen molar-refractivity contribution in [3.8, 4) is 0 Å². The standard InChI is InChI=1S/C28H26F3N3O2S/c1-3-34(22-7-5-4-6-8-22)16-15-32-26(35)20-11-14-24-23(18-20)33(2)27(36)25(37-24)17-19-9-12-21(13-10-19)28(29,30)31/h4-14,17-18H,3,15-16H2,1-2H3,(H,32,35)/b25-17-. The molecule has 0 saturated heterocycles. The van der Waals surface area contributed by atoms with Crippen molar-refractivity contribution in [3.63, 3.8) is 0 Å². The summed E-state index contributed by atoms with van der Waals surface area (Å²) >= 11 is 1.23. The lowest BCUT2D eigenvalue weighted by Crippen LogP contribution is -2.35. The number of carbonyl (C=O) groups excluding carboxylic acids is 2. The maximum absolute atomic E-state index is 13.0. The summed E-state index contributed by atoms with van der Waals surface area (Å²) in [7, 11) is 1.61. The van der Waals surface area contributed by atoms with Crippen molar-refractivity contribution < 1.29 is 22.8 Å². The Bertz CT molecular complexity index is 1310. The number of alkyl halides is 3. The van der Waals surface area contributed by atoms with Crippen LogP contribution < -0.4 is 15.1 Å². The van der Waals surface area contributed by atoms with Gasteiger partial charge in [0.2, 0.25) is 0 Å². The number of benzene rings is 3. The van der Waals surface area contributed by atoms with E-state index < -0.39 is 11.7 Å². The van der Waals surface area contributed by atoms with Gasteiger partial charge in [-0.15, -0.1) is 0 Å². The monoisotopic (exact) mass is 525 g/mol. The van der Waals surface area contributed by atoms with Crippen molar-refractivity contribution in [1.82, 2.24) is 5.32 Å². The predicted octanol–water partition coefficient (Wildman–Crippen LogP) is 6.07. The minimum atomic E-state index is -4.42. The second-order valence-corrected chi connectivity index (χ2v) is 9.53. The number of anilines is 2. The van der Waals surface area contributed by atoms with E-state index in [0.717, 1.165) is 29.3 Å². The zero-order chi connectivity index (χ0) is 26.6. The minimum absolute atomic E-state index is 0.233. The van der Waals surface area contributed by atoms with Gasteiger partial charge in [-0.2, -0.15) is 13.2 Å². The van der Waals surface area contributed by atoms with Crippen LogP contribution in [0.1, 0.15) is 28.4 Å². The van der Waals surface area contributed by atoms with Crippen molar-refractivity contribution in [1.29, 1.82) is 0 Å². The van der Waals surface area contributed by atoms with Gasteiger partial charge in [-0.1, -0.05) is 42.1 Å². The number of nitrogens with zero attached hydrogens (tertiary/aromatic N) is 2. The van der Waals surface area contributed by atoms with E-state index in [9.17, 15) is 22.8 Å². The highest BCUT2D eigenvalue weighted by Crippen LogP contribution is 2.42. The Morgan fingerprint density at radius 1 is 1.05 bits per heavy atom. The first kappa shape index (κ1) is 26.3. The number of fused-ring (bicyclic) bond motifs is 1. The molecule has 2 amide bonds. The first-order valence-electron chi connectivity index (χ1n) is 11.7. The molecule has 37 heavy (non-hydrogen) atoms. The van der Waals surface area contributed by atoms with Gasteiger partial charge >= 0.3 is 6.18 Å². The lowest BCUT2D eigenvalue weighted by Gasteiger charge is -2.27. The van der Waals surface area contributed by atoms with E-state index in [4.69, 9.17) is 0 Å². The third-order valence-corrected chi connectivity index (χ3v) is 7.10. The molecule has 0 radical (unpaired) electrons. The summed E-state index contributed by atoms with van der Waals surface area (Å²) in [5.74, 6) is -0.528. The van der Waals surface area contributed by atoms with Crippen molar-refractivity contribution in [3.05, 3.63) is 94.4 Å². The first-order valence-corrected chi connectivity index (χ1v) is 12.6. The number of carbonyl (C=O) groups is 2. The Morgan fingerprint density at radius 3 is 2.41 bits per heavy atom. The normalized spacial score (nSPS) is 14.5. The molecule has 1 aliphatic heterocycles. The zero-order valence-electron chi connectivity index (χ0n) is 20.4. The number of halogens is 3. The molecular weight excluding hydrogens is 499 g/mol. The quantitative estimate of drug-likeness (QED) is 0.381. The van der Waals surface area contributed by atoms with Crippen molar-refractivity contribution in [2.24, 2.45) is 0 Å². The summed E-state index contributed by atoms with van der Waals surface area (Å²) in [6, 6.07) is 19.8. The number of hydrogen-bond donors (Lipinski definition) is 1. The lowest BCUT2D eigenvalue weighted by atomic mass is 10.1. The van der Waals surface area contributed by atoms with Gasteiger partial charge in [-0.25, -0.2) is 0 Å². The van der Waals surface area contributed by atoms with Gasteiger partial charge < -0.3 is 15.1 Å². The van der Waals surface area contributed by atoms with Crippen LogP contribution in [0.3, 0.4) is 0 Å². The highest BCUT2D eigenvalue weighted by Gasteiger charge is 2.30. The number of para-hydroxylation sites is 1. The Morgan fingerprint density at radius 2 is 1.76 bits per heavy atom. The molecule has 3 aromatic carbocycles. The molecule has 0 aromatic heterocycles. The van der Waals surface area contributed by atoms with E-state index in [1.807, 2.05) is 30.3 Å². The zero-order valence-corrected chi connectivity index (χ0v) is 21.2. The van der Waals surface area contributed by atoms with Crippen LogP contribution in [0.5, 0.6) is 0 Å². The summed E-state index contributed by atoms with van der Waals surface area (Å²) in [6.45, 7) is 3.99. The third kappa shape index (κ3) is 6.17. The second-order valence-electron chi connectivity index (χ2n) is 8.45. The van der Waals surface area contributed by atoms with E-state index in [2.05, 4.69) is 17.1 Å². The maximum atomic E-state index is 13.0. The molecule has 1 heterocycles. The maximum Gasteiger partial charge on any atom is 0.416 e. The highest BCUT2D eigenvalue weighted by molar-refractivity contribution is 8.04. The van der Waals surface area contributed by atoms with E-state index >= 15 is 0 Å². The molecule has 0 fully saturated rings. The molecule has 0 spiro atoms. The largest absolute Gasteiger partial charge is 0.416 e. The average Bonchev–Trinajstić information content (AvgIpc) is 2.89. The Labute approximate surface area is 218 Å². The number of hydrogen-bond acceptors (Lipinski definition) is 4. The summed E-state index contributed by atoms with van der Waals surface area (Å²) in [6.07, 6.45) is -2.85. The van der Waals surface area contributed by atoms with Gasteiger partial charge in [0, 0.05) is 42.8 Å². The number of thioether (sulfide) groups is 1. The molecule has 9 heteroatoms. The van der Waals surface area contributed by atoms with Gasteiger partial charge in [0.1, 0.15) is 0 Å². The fourth-order valence-electron chi connectivity index (χ4n) is 3.97. The molecule has 5 nitrogen and oxygen atoms in total. The van der Waals surface area contributed by atoms with Gasteiger partial charge in [-0.3, -0.25) is 9.59 Å². The van der Waals surface area contributed by atoms with Crippen LogP contribution in [0.25, 0.3) is 6.08 Å². The van der Waals surface area contributed by atoms with Crippen molar-refractivity contribution in [2.75, 3.05) is 36.5 Å². The number of likely N-dealkylation sites (N-methyl/N-ethyl adjacent to an activating group) is 2. The summed E-state index contributed by atoms with van der Waals surface area (Å²) in [5.41, 5.74) is 1.88. The van der Waals surface area contributed by atoms with Crippen LogP contribution in [0.4, 0.5) is 24.5 Å². The lowest BCUT2D eigenvalue weighted by molar-refractivity contribution is -0.137. The van der Waals surface area contributed by atoms with E-state index in [0.29, 0.717) is 34.8 Å². The van der Waals surface area contributed by atoms with Crippen molar-refractivity contribution >= 4 is 41.0 Å². The van der Waals surface area contributed by atoms with Crippen LogP contribution in [-0.2, 0) is 11.0 Å². The van der Waals surface area contributed by atoms with E-state index in [1.165, 1.54) is 28.8 Å². The smallest absolute Gasteiger partial charge is 0.370 e. The van der Waals surface area contributed by atoms with Crippen LogP contribution >= 0.6 is 11.8 Å². The number of rotatable bonds is 7. The SMILES string of the molecule is CCN(CCNC(=O)c1ccc2c(c1)N(C)C(=O)/C(=C/c1ccc(C(F)(F)F)cc1)S2)c1ccccc1. The van der Waals surface area contributed by atoms with E-state index in [1.54, 1.807) is 31.3 Å². The molecule has 3 aromatic rings. The summed E-state index contributed by atoms with van der Waals surface area (Å²) < 4.78 is 38.5. The topological polar surface area (TPSA) is 52.7 Å². The molecule has 192 valence electrons. The Hall–Kier alpha value is -3.72.